The van der Waals surface area contributed by atoms with Crippen LogP contribution in [0.5, 0.6) is 0 Å². The molecule has 3 aromatic rings. The number of benzene rings is 2. The van der Waals surface area contributed by atoms with Gasteiger partial charge in [0.1, 0.15) is 5.56 Å². The van der Waals surface area contributed by atoms with Gasteiger partial charge in [0.15, 0.2) is 0 Å². The van der Waals surface area contributed by atoms with Gasteiger partial charge in [-0.3, -0.25) is 9.59 Å². The van der Waals surface area contributed by atoms with E-state index in [9.17, 15) is 27.0 Å². The van der Waals surface area contributed by atoms with Crippen molar-refractivity contribution in [3.8, 4) is 17.3 Å². The number of nitriles is 1. The maximum atomic E-state index is 13.5. The van der Waals surface area contributed by atoms with Crippen molar-refractivity contribution in [2.75, 3.05) is 6.26 Å². The van der Waals surface area contributed by atoms with Crippen LogP contribution in [0.25, 0.3) is 11.1 Å². The molecule has 1 amide bonds. The van der Waals surface area contributed by atoms with Crippen molar-refractivity contribution in [1.29, 1.82) is 5.26 Å². The highest BCUT2D eigenvalue weighted by Crippen LogP contribution is 2.36. The fourth-order valence-corrected chi connectivity index (χ4v) is 5.29. The van der Waals surface area contributed by atoms with Crippen LogP contribution in [-0.4, -0.2) is 20.9 Å². The van der Waals surface area contributed by atoms with Gasteiger partial charge in [0.05, 0.1) is 15.3 Å². The van der Waals surface area contributed by atoms with Crippen LogP contribution in [0.1, 0.15) is 52.5 Å². The molecular weight excluding hydrogens is 517 g/mol. The Morgan fingerprint density at radius 2 is 1.89 bits per heavy atom. The average Bonchev–Trinajstić information content (AvgIpc) is 2.83. The van der Waals surface area contributed by atoms with E-state index in [0.29, 0.717) is 16.2 Å². The lowest BCUT2D eigenvalue weighted by Gasteiger charge is -2.31. The molecule has 2 aromatic carbocycles. The number of rotatable bonds is 6. The Bertz CT molecular complexity index is 1610. The fourth-order valence-electron chi connectivity index (χ4n) is 4.39. The van der Waals surface area contributed by atoms with Crippen molar-refractivity contribution in [1.82, 2.24) is 9.88 Å². The number of nitrogens with one attached hydrogen (secondary N) is 1. The fraction of sp³-hybridized carbons (Fsp3) is 0.296. The second kappa shape index (κ2) is 10.5. The van der Waals surface area contributed by atoms with Gasteiger partial charge in [-0.2, -0.15) is 18.4 Å². The maximum Gasteiger partial charge on any atom is 0.416 e. The van der Waals surface area contributed by atoms with Crippen molar-refractivity contribution in [2.24, 2.45) is 4.36 Å². The SMILES string of the molecule is Cc1c(-c2cccc(C(F)(F)F)c2)c(=O)c(C(=O)NCc2ccc(S(C)(=O)=NC#N)cc2)cn1C1CCC1. The Hall–Kier alpha value is -3.91. The highest BCUT2D eigenvalue weighted by atomic mass is 32.2. The minimum atomic E-state index is -4.57. The molecule has 11 heteroatoms. The van der Waals surface area contributed by atoms with E-state index in [1.165, 1.54) is 24.6 Å². The second-order valence-electron chi connectivity index (χ2n) is 9.22. The van der Waals surface area contributed by atoms with Crippen LogP contribution in [0.15, 0.2) is 68.8 Å². The van der Waals surface area contributed by atoms with Crippen molar-refractivity contribution in [3.63, 3.8) is 0 Å². The quantitative estimate of drug-likeness (QED) is 0.419. The van der Waals surface area contributed by atoms with E-state index in [4.69, 9.17) is 5.26 Å². The number of alkyl halides is 3. The first-order chi connectivity index (χ1) is 17.9. The van der Waals surface area contributed by atoms with Crippen molar-refractivity contribution < 1.29 is 22.2 Å². The number of halogens is 3. The molecule has 0 bridgehead atoms. The van der Waals surface area contributed by atoms with Gasteiger partial charge >= 0.3 is 6.18 Å². The molecule has 1 aromatic heterocycles. The Morgan fingerprint density at radius 1 is 1.21 bits per heavy atom. The third-order valence-corrected chi connectivity index (χ3v) is 8.29. The summed E-state index contributed by atoms with van der Waals surface area (Å²) in [5.41, 5.74) is -0.340. The standard InChI is InChI=1S/C27H25F3N4O3S/c1-17-24(19-5-3-6-20(13-19)27(28,29)30)25(35)23(15-34(17)21-7-4-8-21)26(36)32-14-18-9-11-22(12-10-18)38(2,37)33-16-31/h3,5-6,9-13,15,21H,4,7-8,14H2,1-2H3,(H,32,36). The van der Waals surface area contributed by atoms with Crippen LogP contribution in [0.4, 0.5) is 13.2 Å². The molecule has 1 saturated carbocycles. The number of hydrogen-bond donors (Lipinski definition) is 1. The van der Waals surface area contributed by atoms with Gasteiger partial charge in [0.25, 0.3) is 5.91 Å². The Morgan fingerprint density at radius 3 is 2.47 bits per heavy atom. The Balaban J connectivity index is 1.68. The molecule has 1 aliphatic rings. The van der Waals surface area contributed by atoms with E-state index in [1.807, 2.05) is 4.57 Å². The molecule has 0 radical (unpaired) electrons. The normalized spacial score (nSPS) is 15.2. The molecular formula is C27H25F3N4O3S. The van der Waals surface area contributed by atoms with Crippen LogP contribution < -0.4 is 10.7 Å². The van der Waals surface area contributed by atoms with E-state index < -0.39 is 32.8 Å². The van der Waals surface area contributed by atoms with E-state index >= 15 is 0 Å². The lowest BCUT2D eigenvalue weighted by atomic mass is 9.90. The number of hydrogen-bond acceptors (Lipinski definition) is 5. The van der Waals surface area contributed by atoms with Gasteiger partial charge < -0.3 is 9.88 Å². The number of carbonyl (C=O) groups is 1. The van der Waals surface area contributed by atoms with Crippen molar-refractivity contribution >= 4 is 15.6 Å². The zero-order valence-corrected chi connectivity index (χ0v) is 21.5. The molecule has 4 rings (SSSR count). The summed E-state index contributed by atoms with van der Waals surface area (Å²) in [6, 6.07) is 11.0. The summed E-state index contributed by atoms with van der Waals surface area (Å²) in [5, 5.41) is 11.4. The Labute approximate surface area is 218 Å². The average molecular weight is 543 g/mol. The minimum absolute atomic E-state index is 0.0506. The third kappa shape index (κ3) is 5.50. The first kappa shape index (κ1) is 27.1. The molecule has 1 fully saturated rings. The van der Waals surface area contributed by atoms with Gasteiger partial charge in [-0.05, 0) is 61.6 Å². The first-order valence-corrected chi connectivity index (χ1v) is 13.8. The van der Waals surface area contributed by atoms with Crippen LogP contribution in [0.2, 0.25) is 0 Å². The summed E-state index contributed by atoms with van der Waals surface area (Å²) < 4.78 is 57.8. The Kier molecular flexibility index (Phi) is 7.47. The molecule has 7 nitrogen and oxygen atoms in total. The summed E-state index contributed by atoms with van der Waals surface area (Å²) in [6.07, 6.45) is 2.48. The molecule has 0 spiro atoms. The van der Waals surface area contributed by atoms with E-state index in [1.54, 1.807) is 37.4 Å². The summed E-state index contributed by atoms with van der Waals surface area (Å²) >= 11 is 0. The van der Waals surface area contributed by atoms with Crippen molar-refractivity contribution in [3.05, 3.63) is 87.3 Å². The summed E-state index contributed by atoms with van der Waals surface area (Å²) in [6.45, 7) is 1.73. The predicted molar refractivity (Wildman–Crippen MR) is 137 cm³/mol. The van der Waals surface area contributed by atoms with Crippen molar-refractivity contribution in [2.45, 2.75) is 49.8 Å². The zero-order chi connectivity index (χ0) is 27.7. The van der Waals surface area contributed by atoms with Gasteiger partial charge in [0.2, 0.25) is 11.6 Å². The van der Waals surface area contributed by atoms with Gasteiger partial charge in [-0.1, -0.05) is 24.3 Å². The van der Waals surface area contributed by atoms with Gasteiger partial charge in [0, 0.05) is 41.2 Å². The summed E-state index contributed by atoms with van der Waals surface area (Å²) in [7, 11) is -2.85. The number of pyridine rings is 1. The molecule has 38 heavy (non-hydrogen) atoms. The molecule has 1 aliphatic carbocycles. The minimum Gasteiger partial charge on any atom is -0.348 e. The van der Waals surface area contributed by atoms with Gasteiger partial charge in [-0.25, -0.2) is 4.21 Å². The summed E-state index contributed by atoms with van der Waals surface area (Å²) in [5.74, 6) is -0.654. The highest BCUT2D eigenvalue weighted by molar-refractivity contribution is 7.93. The number of carbonyl (C=O) groups excluding carboxylic acids is 1. The third-order valence-electron chi connectivity index (χ3n) is 6.71. The largest absolute Gasteiger partial charge is 0.416 e. The number of nitrogens with zero attached hydrogens (tertiary/aromatic N) is 3. The van der Waals surface area contributed by atoms with E-state index in [-0.39, 0.29) is 29.3 Å². The van der Waals surface area contributed by atoms with Crippen LogP contribution in [0.3, 0.4) is 0 Å². The predicted octanol–water partition coefficient (Wildman–Crippen LogP) is 5.44. The number of aromatic nitrogens is 1. The molecule has 0 saturated heterocycles. The number of amides is 1. The summed E-state index contributed by atoms with van der Waals surface area (Å²) in [4.78, 5) is 27.0. The molecule has 1 heterocycles. The molecule has 198 valence electrons. The van der Waals surface area contributed by atoms with Crippen LogP contribution in [-0.2, 0) is 22.5 Å². The smallest absolute Gasteiger partial charge is 0.348 e. The lowest BCUT2D eigenvalue weighted by Crippen LogP contribution is -2.32. The lowest BCUT2D eigenvalue weighted by molar-refractivity contribution is -0.137. The first-order valence-electron chi connectivity index (χ1n) is 11.8. The molecule has 0 aliphatic heterocycles. The second-order valence-corrected chi connectivity index (χ2v) is 11.5. The zero-order valence-electron chi connectivity index (χ0n) is 20.7. The maximum absolute atomic E-state index is 13.5. The molecule has 1 unspecified atom stereocenters. The highest BCUT2D eigenvalue weighted by Gasteiger charge is 2.31. The van der Waals surface area contributed by atoms with E-state index in [0.717, 1.165) is 31.4 Å². The van der Waals surface area contributed by atoms with Crippen LogP contribution >= 0.6 is 0 Å². The molecule has 1 N–H and O–H groups in total. The monoisotopic (exact) mass is 542 g/mol. The van der Waals surface area contributed by atoms with E-state index in [2.05, 4.69) is 9.68 Å². The van der Waals surface area contributed by atoms with Crippen LogP contribution in [0, 0.1) is 18.4 Å². The topological polar surface area (TPSA) is 104 Å². The molecule has 1 atom stereocenters. The van der Waals surface area contributed by atoms with Gasteiger partial charge in [-0.15, -0.1) is 4.36 Å².